The van der Waals surface area contributed by atoms with Gasteiger partial charge in [-0.2, -0.15) is 11.8 Å². The van der Waals surface area contributed by atoms with Crippen LogP contribution >= 0.6 is 11.8 Å². The zero-order valence-electron chi connectivity index (χ0n) is 19.7. The Bertz CT molecular complexity index is 783. The summed E-state index contributed by atoms with van der Waals surface area (Å²) >= 11 is 1.49. The lowest BCUT2D eigenvalue weighted by Crippen LogP contribution is -2.61. The molecule has 1 unspecified atom stereocenters. The summed E-state index contributed by atoms with van der Waals surface area (Å²) in [5, 5.41) is 15.8. The average molecular weight is 487 g/mol. The number of esters is 2. The maximum atomic E-state index is 13.3. The molecule has 2 aliphatic rings. The van der Waals surface area contributed by atoms with E-state index in [0.717, 1.165) is 6.26 Å². The number of amides is 2. The Hall–Kier alpha value is -2.27. The molecule has 2 amide bonds. The molecule has 0 heterocycles. The van der Waals surface area contributed by atoms with Crippen molar-refractivity contribution in [3.63, 3.8) is 0 Å². The minimum Gasteiger partial charge on any atom is -0.464 e. The fourth-order valence-electron chi connectivity index (χ4n) is 4.44. The molecule has 2 fully saturated rings. The number of thioether (sulfide) groups is 1. The number of carbonyl (C=O) groups excluding carboxylic acids is 4. The number of aliphatic hydroxyl groups excluding tert-OH is 1. The van der Waals surface area contributed by atoms with Crippen LogP contribution in [0.2, 0.25) is 0 Å². The van der Waals surface area contributed by atoms with Gasteiger partial charge in [-0.3, -0.25) is 9.59 Å². The van der Waals surface area contributed by atoms with Gasteiger partial charge >= 0.3 is 18.0 Å². The molecule has 0 aliphatic heterocycles. The lowest BCUT2D eigenvalue weighted by Gasteiger charge is -2.33. The normalized spacial score (nSPS) is 28.7. The summed E-state index contributed by atoms with van der Waals surface area (Å²) in [6, 6.07) is -0.993. The Morgan fingerprint density at radius 1 is 1.30 bits per heavy atom. The molecule has 2 rings (SSSR count). The number of fused-ring (bicyclic) bond motifs is 1. The van der Waals surface area contributed by atoms with E-state index in [1.807, 2.05) is 6.26 Å². The first-order valence-electron chi connectivity index (χ1n) is 10.9. The Kier molecular flexibility index (Phi) is 8.81. The van der Waals surface area contributed by atoms with Gasteiger partial charge in [0.1, 0.15) is 17.2 Å². The molecule has 0 bridgehead atoms. The van der Waals surface area contributed by atoms with Crippen molar-refractivity contribution in [3.8, 4) is 0 Å². The quantitative estimate of drug-likeness (QED) is 0.237. The molecule has 0 aromatic carbocycles. The molecule has 2 aliphatic carbocycles. The maximum absolute atomic E-state index is 13.3. The highest BCUT2D eigenvalue weighted by Gasteiger charge is 2.76. The van der Waals surface area contributed by atoms with Gasteiger partial charge in [0.15, 0.2) is 0 Å². The Labute approximate surface area is 198 Å². The average Bonchev–Trinajstić information content (AvgIpc) is 3.39. The molecular weight excluding hydrogens is 452 g/mol. The van der Waals surface area contributed by atoms with Crippen molar-refractivity contribution in [2.45, 2.75) is 63.8 Å². The summed E-state index contributed by atoms with van der Waals surface area (Å²) in [6.45, 7) is 10.1. The Morgan fingerprint density at radius 3 is 2.52 bits per heavy atom. The van der Waals surface area contributed by atoms with Crippen LogP contribution in [0.25, 0.3) is 0 Å². The Balaban J connectivity index is 2.28. The predicted molar refractivity (Wildman–Crippen MR) is 121 cm³/mol. The molecule has 0 aromatic rings. The van der Waals surface area contributed by atoms with Crippen LogP contribution in [0, 0.1) is 17.8 Å². The molecular formula is C22H34N2O8S. The van der Waals surface area contributed by atoms with Gasteiger partial charge in [-0.05, 0) is 46.1 Å². The summed E-state index contributed by atoms with van der Waals surface area (Å²) in [4.78, 5) is 50.9. The Morgan fingerprint density at radius 2 is 1.97 bits per heavy atom. The monoisotopic (exact) mass is 486 g/mol. The van der Waals surface area contributed by atoms with E-state index >= 15 is 0 Å². The van der Waals surface area contributed by atoms with Gasteiger partial charge in [-0.25, -0.2) is 9.59 Å². The number of nitrogens with one attached hydrogen (secondary N) is 2. The first kappa shape index (κ1) is 27.0. The minimum absolute atomic E-state index is 0.0533. The van der Waals surface area contributed by atoms with Crippen molar-refractivity contribution in [3.05, 3.63) is 12.8 Å². The maximum Gasteiger partial charge on any atom is 0.408 e. The van der Waals surface area contributed by atoms with Crippen LogP contribution in [0.4, 0.5) is 4.79 Å². The van der Waals surface area contributed by atoms with Gasteiger partial charge in [0.25, 0.3) is 0 Å². The fourth-order valence-corrected chi connectivity index (χ4v) is 4.91. The van der Waals surface area contributed by atoms with Crippen molar-refractivity contribution in [1.82, 2.24) is 10.6 Å². The summed E-state index contributed by atoms with van der Waals surface area (Å²) in [6.07, 6.45) is 1.25. The summed E-state index contributed by atoms with van der Waals surface area (Å²) in [5.41, 5.74) is -2.37. The lowest BCUT2D eigenvalue weighted by atomic mass is 9.88. The fraction of sp³-hybridized carbons (Fsp3) is 0.727. The topological polar surface area (TPSA) is 140 Å². The van der Waals surface area contributed by atoms with Gasteiger partial charge in [0.05, 0.1) is 24.9 Å². The van der Waals surface area contributed by atoms with Crippen LogP contribution in [-0.4, -0.2) is 70.9 Å². The van der Waals surface area contributed by atoms with E-state index in [9.17, 15) is 24.3 Å². The molecule has 0 aromatic heterocycles. The van der Waals surface area contributed by atoms with E-state index in [2.05, 4.69) is 17.2 Å². The number of alkyl carbamates (subject to hydrolysis) is 1. The van der Waals surface area contributed by atoms with E-state index in [1.54, 1.807) is 27.7 Å². The van der Waals surface area contributed by atoms with Gasteiger partial charge in [0, 0.05) is 18.3 Å². The third-order valence-electron chi connectivity index (χ3n) is 5.70. The molecule has 6 atom stereocenters. The van der Waals surface area contributed by atoms with E-state index in [1.165, 1.54) is 11.8 Å². The van der Waals surface area contributed by atoms with Gasteiger partial charge in [-0.15, -0.1) is 0 Å². The van der Waals surface area contributed by atoms with E-state index in [4.69, 9.17) is 14.2 Å². The van der Waals surface area contributed by atoms with Crippen molar-refractivity contribution in [2.75, 3.05) is 18.6 Å². The third kappa shape index (κ3) is 6.20. The minimum atomic E-state index is -1.62. The molecule has 10 nitrogen and oxygen atoms in total. The number of hydrogen-bond donors (Lipinski definition) is 3. The molecule has 0 radical (unpaired) electrons. The van der Waals surface area contributed by atoms with Crippen molar-refractivity contribution in [1.29, 1.82) is 0 Å². The number of rotatable bonds is 10. The molecule has 2 saturated carbocycles. The molecule has 3 N–H and O–H groups in total. The van der Waals surface area contributed by atoms with Gasteiger partial charge in [-0.1, -0.05) is 6.58 Å². The first-order valence-corrected chi connectivity index (χ1v) is 12.3. The highest BCUT2D eigenvalue weighted by molar-refractivity contribution is 7.98. The van der Waals surface area contributed by atoms with Gasteiger partial charge < -0.3 is 30.0 Å². The van der Waals surface area contributed by atoms with E-state index in [-0.39, 0.29) is 19.4 Å². The first-order chi connectivity index (χ1) is 15.4. The second-order valence-corrected chi connectivity index (χ2v) is 10.2. The number of ether oxygens (including phenoxy) is 3. The lowest BCUT2D eigenvalue weighted by molar-refractivity contribution is -0.156. The smallest absolute Gasteiger partial charge is 0.408 e. The highest BCUT2D eigenvalue weighted by Crippen LogP contribution is 2.63. The zero-order chi connectivity index (χ0) is 25.0. The van der Waals surface area contributed by atoms with Crippen molar-refractivity contribution in [2.24, 2.45) is 17.8 Å². The van der Waals surface area contributed by atoms with E-state index in [0.29, 0.717) is 5.75 Å². The summed E-state index contributed by atoms with van der Waals surface area (Å²) < 4.78 is 15.3. The van der Waals surface area contributed by atoms with Crippen LogP contribution in [0.3, 0.4) is 0 Å². The molecule has 186 valence electrons. The van der Waals surface area contributed by atoms with Crippen LogP contribution in [-0.2, 0) is 28.6 Å². The standard InChI is InChI=1S/C22H34N2O8S/c1-7-30-18(27)15-14-13(25)11-22(16(14)15,19(28)31-8-2)24-17(26)12(9-10-33-6)23-20(29)32-21(3,4)5/h7,12-16,25H,1,8-11H2,2-6H3,(H,23,29)(H,24,26)/t12?,13-,14-,15-,16-,22+/m0/s1. The molecule has 0 spiro atoms. The second kappa shape index (κ2) is 10.8. The van der Waals surface area contributed by atoms with Gasteiger partial charge in [0.2, 0.25) is 5.91 Å². The number of hydrogen-bond acceptors (Lipinski definition) is 9. The van der Waals surface area contributed by atoms with Crippen LogP contribution in [0.1, 0.15) is 40.5 Å². The predicted octanol–water partition coefficient (Wildman–Crippen LogP) is 1.36. The largest absolute Gasteiger partial charge is 0.464 e. The van der Waals surface area contributed by atoms with E-state index < -0.39 is 65.0 Å². The summed E-state index contributed by atoms with van der Waals surface area (Å²) in [7, 11) is 0. The van der Waals surface area contributed by atoms with Crippen molar-refractivity contribution >= 4 is 35.7 Å². The van der Waals surface area contributed by atoms with Crippen LogP contribution in [0.5, 0.6) is 0 Å². The summed E-state index contributed by atoms with van der Waals surface area (Å²) in [5.74, 6) is -3.45. The third-order valence-corrected chi connectivity index (χ3v) is 6.34. The SMILES string of the molecule is C=COC(=O)[C@H]1[C@H]2[C@@H]1[C@@](NC(=O)C(CCSC)NC(=O)OC(C)(C)C)(C(=O)OCC)C[C@@H]2O. The van der Waals surface area contributed by atoms with Crippen molar-refractivity contribution < 1.29 is 38.5 Å². The zero-order valence-corrected chi connectivity index (χ0v) is 20.5. The number of carbonyl (C=O) groups is 4. The number of aliphatic hydroxyl groups is 1. The molecule has 11 heteroatoms. The molecule has 0 saturated heterocycles. The second-order valence-electron chi connectivity index (χ2n) is 9.17. The van der Waals surface area contributed by atoms with Crippen LogP contribution in [0.15, 0.2) is 12.8 Å². The van der Waals surface area contributed by atoms with Crippen LogP contribution < -0.4 is 10.6 Å². The molecule has 33 heavy (non-hydrogen) atoms. The highest BCUT2D eigenvalue weighted by atomic mass is 32.2.